The lowest BCUT2D eigenvalue weighted by atomic mass is 10.2. The molecule has 6 nitrogen and oxygen atoms in total. The molecule has 0 atom stereocenters. The van der Waals surface area contributed by atoms with Crippen molar-refractivity contribution in [2.24, 2.45) is 4.99 Å². The number of fused-ring (bicyclic) bond motifs is 1. The quantitative estimate of drug-likeness (QED) is 0.352. The van der Waals surface area contributed by atoms with Crippen molar-refractivity contribution in [3.63, 3.8) is 0 Å². The van der Waals surface area contributed by atoms with Crippen LogP contribution in [0.3, 0.4) is 0 Å². The highest BCUT2D eigenvalue weighted by molar-refractivity contribution is 7.16. The van der Waals surface area contributed by atoms with Crippen LogP contribution in [-0.4, -0.2) is 15.4 Å². The molecule has 0 bridgehead atoms. The lowest BCUT2D eigenvalue weighted by molar-refractivity contribution is -0.384. The van der Waals surface area contributed by atoms with Crippen molar-refractivity contribution in [2.75, 3.05) is 0 Å². The molecule has 0 radical (unpaired) electrons. The number of hydrogen-bond donors (Lipinski definition) is 0. The van der Waals surface area contributed by atoms with Gasteiger partial charge in [-0.25, -0.2) is 0 Å². The van der Waals surface area contributed by atoms with Crippen LogP contribution in [0.1, 0.15) is 10.4 Å². The zero-order valence-corrected chi connectivity index (χ0v) is 15.5. The second-order valence-electron chi connectivity index (χ2n) is 5.23. The first-order valence-corrected chi connectivity index (χ1v) is 8.90. The number of carbonyl (C=O) groups is 1. The molecule has 0 N–H and O–H groups in total. The summed E-state index contributed by atoms with van der Waals surface area (Å²) in [4.78, 5) is 27.6. The summed E-state index contributed by atoms with van der Waals surface area (Å²) in [6.07, 6.45) is 1.63. The standard InChI is InChI=1S/C17H11Cl2N3O3S/c1-2-7-21-14-9-11(22(24)25)4-6-15(14)26-17(21)20-16(23)12-5-3-10(18)8-13(12)19/h2-6,8-9H,1,7H2. The van der Waals surface area contributed by atoms with Crippen molar-refractivity contribution in [1.82, 2.24) is 4.57 Å². The van der Waals surface area contributed by atoms with E-state index >= 15 is 0 Å². The molecule has 0 aliphatic carbocycles. The first kappa shape index (κ1) is 18.3. The zero-order valence-electron chi connectivity index (χ0n) is 13.2. The highest BCUT2D eigenvalue weighted by atomic mass is 35.5. The van der Waals surface area contributed by atoms with Gasteiger partial charge < -0.3 is 4.57 Å². The van der Waals surface area contributed by atoms with E-state index in [2.05, 4.69) is 11.6 Å². The maximum Gasteiger partial charge on any atom is 0.281 e. The monoisotopic (exact) mass is 407 g/mol. The van der Waals surface area contributed by atoms with Crippen molar-refractivity contribution < 1.29 is 9.72 Å². The van der Waals surface area contributed by atoms with Crippen molar-refractivity contribution >= 4 is 56.3 Å². The number of benzene rings is 2. The third-order valence-corrected chi connectivity index (χ3v) is 5.15. The molecule has 1 aromatic heterocycles. The molecular formula is C17H11Cl2N3O3S. The lowest BCUT2D eigenvalue weighted by Gasteiger charge is -2.02. The van der Waals surface area contributed by atoms with Crippen molar-refractivity contribution in [3.05, 3.63) is 79.6 Å². The lowest BCUT2D eigenvalue weighted by Crippen LogP contribution is -2.16. The van der Waals surface area contributed by atoms with Gasteiger partial charge in [0.25, 0.3) is 11.6 Å². The number of nitro groups is 1. The molecule has 3 rings (SSSR count). The number of aromatic nitrogens is 1. The first-order chi connectivity index (χ1) is 12.4. The minimum atomic E-state index is -0.523. The van der Waals surface area contributed by atoms with Gasteiger partial charge in [-0.05, 0) is 24.3 Å². The minimum absolute atomic E-state index is 0.0354. The largest absolute Gasteiger partial charge is 0.312 e. The summed E-state index contributed by atoms with van der Waals surface area (Å²) in [5, 5.41) is 11.7. The van der Waals surface area contributed by atoms with Crippen LogP contribution < -0.4 is 4.80 Å². The van der Waals surface area contributed by atoms with Gasteiger partial charge in [0, 0.05) is 23.7 Å². The molecular weight excluding hydrogens is 397 g/mol. The number of non-ortho nitro benzene ring substituents is 1. The van der Waals surface area contributed by atoms with E-state index in [9.17, 15) is 14.9 Å². The highest BCUT2D eigenvalue weighted by Gasteiger charge is 2.14. The Morgan fingerprint density at radius 2 is 2.08 bits per heavy atom. The number of carbonyl (C=O) groups excluding carboxylic acids is 1. The Balaban J connectivity index is 2.18. The number of amides is 1. The zero-order chi connectivity index (χ0) is 18.8. The van der Waals surface area contributed by atoms with Gasteiger partial charge in [0.1, 0.15) is 0 Å². The molecule has 1 heterocycles. The summed E-state index contributed by atoms with van der Waals surface area (Å²) in [5.74, 6) is -0.523. The molecule has 0 unspecified atom stereocenters. The predicted molar refractivity (Wildman–Crippen MR) is 103 cm³/mol. The van der Waals surface area contributed by atoms with Gasteiger partial charge in [-0.3, -0.25) is 14.9 Å². The van der Waals surface area contributed by atoms with Gasteiger partial charge in [0.15, 0.2) is 4.80 Å². The fraction of sp³-hybridized carbons (Fsp3) is 0.0588. The molecule has 2 aromatic carbocycles. The third kappa shape index (κ3) is 3.55. The van der Waals surface area contributed by atoms with Gasteiger partial charge in [-0.2, -0.15) is 4.99 Å². The molecule has 0 fully saturated rings. The number of thiazole rings is 1. The Labute approximate surface area is 161 Å². The van der Waals surface area contributed by atoms with Crippen LogP contribution in [0.2, 0.25) is 10.0 Å². The maximum absolute atomic E-state index is 12.5. The van der Waals surface area contributed by atoms with Crippen LogP contribution in [-0.2, 0) is 6.54 Å². The second-order valence-corrected chi connectivity index (χ2v) is 7.09. The number of hydrogen-bond acceptors (Lipinski definition) is 4. The Kier molecular flexibility index (Phi) is 5.22. The van der Waals surface area contributed by atoms with Crippen molar-refractivity contribution in [1.29, 1.82) is 0 Å². The number of allylic oxidation sites excluding steroid dienone is 1. The van der Waals surface area contributed by atoms with E-state index in [4.69, 9.17) is 23.2 Å². The third-order valence-electron chi connectivity index (χ3n) is 3.55. The van der Waals surface area contributed by atoms with Gasteiger partial charge in [-0.1, -0.05) is 40.6 Å². The van der Waals surface area contributed by atoms with E-state index in [1.165, 1.54) is 35.6 Å². The average Bonchev–Trinajstić information content (AvgIpc) is 2.91. The number of halogens is 2. The molecule has 0 saturated heterocycles. The van der Waals surface area contributed by atoms with E-state index in [1.807, 2.05) is 0 Å². The van der Waals surface area contributed by atoms with Crippen LogP contribution in [0, 0.1) is 10.1 Å². The van der Waals surface area contributed by atoms with Crippen molar-refractivity contribution in [2.45, 2.75) is 6.54 Å². The van der Waals surface area contributed by atoms with Gasteiger partial charge in [0.2, 0.25) is 0 Å². The highest BCUT2D eigenvalue weighted by Crippen LogP contribution is 2.24. The number of nitrogens with zero attached hydrogens (tertiary/aromatic N) is 3. The number of rotatable bonds is 4. The topological polar surface area (TPSA) is 77.5 Å². The van der Waals surface area contributed by atoms with E-state index in [0.717, 1.165) is 4.70 Å². The van der Waals surface area contributed by atoms with Crippen LogP contribution in [0.5, 0.6) is 0 Å². The molecule has 132 valence electrons. The van der Waals surface area contributed by atoms with E-state index in [0.29, 0.717) is 21.9 Å². The molecule has 0 aliphatic rings. The Morgan fingerprint density at radius 1 is 1.31 bits per heavy atom. The molecule has 0 aliphatic heterocycles. The van der Waals surface area contributed by atoms with Gasteiger partial charge >= 0.3 is 0 Å². The summed E-state index contributed by atoms with van der Waals surface area (Å²) < 4.78 is 2.47. The Morgan fingerprint density at radius 3 is 2.73 bits per heavy atom. The molecule has 3 aromatic rings. The smallest absolute Gasteiger partial charge is 0.281 e. The summed E-state index contributed by atoms with van der Waals surface area (Å²) in [7, 11) is 0. The molecule has 9 heteroatoms. The minimum Gasteiger partial charge on any atom is -0.312 e. The first-order valence-electron chi connectivity index (χ1n) is 7.33. The van der Waals surface area contributed by atoms with Crippen LogP contribution in [0.15, 0.2) is 54.0 Å². The average molecular weight is 408 g/mol. The normalized spacial score (nSPS) is 11.7. The summed E-state index contributed by atoms with van der Waals surface area (Å²) in [6.45, 7) is 4.04. The molecule has 26 heavy (non-hydrogen) atoms. The molecule has 0 saturated carbocycles. The molecule has 1 amide bonds. The Hall–Kier alpha value is -2.48. The Bertz CT molecular complexity index is 1120. The number of nitro benzene ring substituents is 1. The SMILES string of the molecule is C=CCn1c(=NC(=O)c2ccc(Cl)cc2Cl)sc2ccc([N+](=O)[O-])cc21. The van der Waals surface area contributed by atoms with E-state index < -0.39 is 10.8 Å². The second kappa shape index (κ2) is 7.41. The predicted octanol–water partition coefficient (Wildman–Crippen LogP) is 4.84. The van der Waals surface area contributed by atoms with Crippen LogP contribution in [0.25, 0.3) is 10.2 Å². The van der Waals surface area contributed by atoms with Crippen LogP contribution >= 0.6 is 34.5 Å². The fourth-order valence-corrected chi connectivity index (χ4v) is 3.88. The molecule has 0 spiro atoms. The fourth-order valence-electron chi connectivity index (χ4n) is 2.37. The van der Waals surface area contributed by atoms with Crippen LogP contribution in [0.4, 0.5) is 5.69 Å². The summed E-state index contributed by atoms with van der Waals surface area (Å²) >= 11 is 13.2. The van der Waals surface area contributed by atoms with Crippen molar-refractivity contribution in [3.8, 4) is 0 Å². The van der Waals surface area contributed by atoms with E-state index in [-0.39, 0.29) is 16.3 Å². The van der Waals surface area contributed by atoms with Gasteiger partial charge in [-0.15, -0.1) is 6.58 Å². The van der Waals surface area contributed by atoms with Gasteiger partial charge in [0.05, 0.1) is 25.7 Å². The summed E-state index contributed by atoms with van der Waals surface area (Å²) in [6, 6.07) is 9.04. The summed E-state index contributed by atoms with van der Waals surface area (Å²) in [5.41, 5.74) is 0.800. The van der Waals surface area contributed by atoms with E-state index in [1.54, 1.807) is 22.8 Å². The maximum atomic E-state index is 12.5.